The third kappa shape index (κ3) is 3.27. The van der Waals surface area contributed by atoms with Crippen LogP contribution in [0.1, 0.15) is 26.3 Å². The number of hydrogen-bond donors (Lipinski definition) is 4. The first-order valence-corrected chi connectivity index (χ1v) is 5.10. The summed E-state index contributed by atoms with van der Waals surface area (Å²) in [5, 5.41) is 11.1. The number of rotatable bonds is 4. The van der Waals surface area contributed by atoms with Crippen molar-refractivity contribution in [2.75, 3.05) is 13.2 Å². The molecule has 1 rings (SSSR count). The molecule has 0 saturated heterocycles. The summed E-state index contributed by atoms with van der Waals surface area (Å²) in [5.74, 6) is 4.32. The minimum atomic E-state index is -0.407. The van der Waals surface area contributed by atoms with E-state index in [-0.39, 0.29) is 19.1 Å². The number of carbonyl (C=O) groups excluding carboxylic acids is 2. The topological polar surface area (TPSA) is 104 Å². The van der Waals surface area contributed by atoms with Crippen molar-refractivity contribution >= 4 is 11.8 Å². The van der Waals surface area contributed by atoms with Crippen LogP contribution in [0, 0.1) is 6.92 Å². The van der Waals surface area contributed by atoms with Crippen molar-refractivity contribution in [2.45, 2.75) is 6.92 Å². The SMILES string of the molecule is Cc1cc(C(=O)NN)ccc1C(=O)NCCO. The Morgan fingerprint density at radius 2 is 2.06 bits per heavy atom. The molecule has 0 aliphatic rings. The first kappa shape index (κ1) is 13.1. The number of nitrogen functional groups attached to an aromatic ring is 1. The molecule has 0 unspecified atom stereocenters. The lowest BCUT2D eigenvalue weighted by atomic mass is 10.0. The summed E-state index contributed by atoms with van der Waals surface area (Å²) in [7, 11) is 0. The van der Waals surface area contributed by atoms with Crippen LogP contribution in [0.15, 0.2) is 18.2 Å². The lowest BCUT2D eigenvalue weighted by Gasteiger charge is -2.08. The van der Waals surface area contributed by atoms with E-state index in [9.17, 15) is 9.59 Å². The van der Waals surface area contributed by atoms with Crippen molar-refractivity contribution in [1.82, 2.24) is 10.7 Å². The number of aliphatic hydroxyl groups is 1. The number of hydrazine groups is 1. The third-order valence-corrected chi connectivity index (χ3v) is 2.26. The van der Waals surface area contributed by atoms with Crippen LogP contribution in [-0.2, 0) is 0 Å². The van der Waals surface area contributed by atoms with Crippen LogP contribution in [0.2, 0.25) is 0 Å². The standard InChI is InChI=1S/C11H15N3O3/c1-7-6-8(10(16)14-12)2-3-9(7)11(17)13-4-5-15/h2-3,6,15H,4-5,12H2,1H3,(H,13,17)(H,14,16). The maximum atomic E-state index is 11.6. The van der Waals surface area contributed by atoms with Gasteiger partial charge >= 0.3 is 0 Å². The summed E-state index contributed by atoms with van der Waals surface area (Å²) in [5.41, 5.74) is 3.54. The number of carbonyl (C=O) groups is 2. The van der Waals surface area contributed by atoms with Gasteiger partial charge in [-0.2, -0.15) is 0 Å². The fourth-order valence-electron chi connectivity index (χ4n) is 1.41. The molecule has 0 aliphatic carbocycles. The van der Waals surface area contributed by atoms with Crippen molar-refractivity contribution in [3.05, 3.63) is 34.9 Å². The monoisotopic (exact) mass is 237 g/mol. The number of aliphatic hydroxyl groups excluding tert-OH is 1. The van der Waals surface area contributed by atoms with Gasteiger partial charge in [0.2, 0.25) is 0 Å². The molecule has 6 heteroatoms. The van der Waals surface area contributed by atoms with Crippen LogP contribution in [0.5, 0.6) is 0 Å². The van der Waals surface area contributed by atoms with Crippen LogP contribution in [0.25, 0.3) is 0 Å². The molecule has 0 saturated carbocycles. The van der Waals surface area contributed by atoms with Crippen LogP contribution >= 0.6 is 0 Å². The summed E-state index contributed by atoms with van der Waals surface area (Å²) in [6, 6.07) is 4.64. The first-order chi connectivity index (χ1) is 8.10. The summed E-state index contributed by atoms with van der Waals surface area (Å²) in [6.07, 6.45) is 0. The lowest BCUT2D eigenvalue weighted by molar-refractivity contribution is 0.0936. The summed E-state index contributed by atoms with van der Waals surface area (Å²) in [4.78, 5) is 22.9. The predicted molar refractivity (Wildman–Crippen MR) is 62.3 cm³/mol. The molecule has 1 aromatic carbocycles. The quantitative estimate of drug-likeness (QED) is 0.316. The van der Waals surface area contributed by atoms with Gasteiger partial charge in [0, 0.05) is 17.7 Å². The van der Waals surface area contributed by atoms with Crippen molar-refractivity contribution in [3.63, 3.8) is 0 Å². The van der Waals surface area contributed by atoms with Crippen molar-refractivity contribution in [3.8, 4) is 0 Å². The van der Waals surface area contributed by atoms with E-state index in [0.29, 0.717) is 16.7 Å². The van der Waals surface area contributed by atoms with Gasteiger partial charge in [0.25, 0.3) is 11.8 Å². The number of nitrogens with one attached hydrogen (secondary N) is 2. The van der Waals surface area contributed by atoms with E-state index >= 15 is 0 Å². The molecule has 5 N–H and O–H groups in total. The van der Waals surface area contributed by atoms with E-state index in [1.165, 1.54) is 6.07 Å². The molecule has 0 bridgehead atoms. The number of hydrogen-bond acceptors (Lipinski definition) is 4. The van der Waals surface area contributed by atoms with E-state index in [1.807, 2.05) is 5.43 Å². The average molecular weight is 237 g/mol. The largest absolute Gasteiger partial charge is 0.395 e. The number of benzene rings is 1. The highest BCUT2D eigenvalue weighted by molar-refractivity contribution is 5.98. The fraction of sp³-hybridized carbons (Fsp3) is 0.273. The van der Waals surface area contributed by atoms with Gasteiger partial charge in [0.1, 0.15) is 0 Å². The highest BCUT2D eigenvalue weighted by atomic mass is 16.3. The number of aryl methyl sites for hydroxylation is 1. The molecular weight excluding hydrogens is 222 g/mol. The highest BCUT2D eigenvalue weighted by Crippen LogP contribution is 2.11. The Morgan fingerprint density at radius 1 is 1.35 bits per heavy atom. The van der Waals surface area contributed by atoms with Gasteiger partial charge in [0.05, 0.1) is 6.61 Å². The Labute approximate surface area is 98.8 Å². The molecular formula is C11H15N3O3. The minimum absolute atomic E-state index is 0.113. The summed E-state index contributed by atoms with van der Waals surface area (Å²) in [6.45, 7) is 1.81. The van der Waals surface area contributed by atoms with Crippen LogP contribution in [0.4, 0.5) is 0 Å². The van der Waals surface area contributed by atoms with Gasteiger partial charge in [0.15, 0.2) is 0 Å². The number of nitrogens with two attached hydrogens (primary N) is 1. The van der Waals surface area contributed by atoms with E-state index in [1.54, 1.807) is 19.1 Å². The molecule has 2 amide bonds. The number of amides is 2. The van der Waals surface area contributed by atoms with Crippen LogP contribution in [0.3, 0.4) is 0 Å². The smallest absolute Gasteiger partial charge is 0.265 e. The molecule has 0 heterocycles. The Kier molecular flexibility index (Phi) is 4.62. The Bertz CT molecular complexity index is 432. The maximum absolute atomic E-state index is 11.6. The van der Waals surface area contributed by atoms with E-state index in [0.717, 1.165) is 0 Å². The zero-order chi connectivity index (χ0) is 12.8. The van der Waals surface area contributed by atoms with Crippen molar-refractivity contribution < 1.29 is 14.7 Å². The Morgan fingerprint density at radius 3 is 2.59 bits per heavy atom. The first-order valence-electron chi connectivity index (χ1n) is 5.10. The van der Waals surface area contributed by atoms with Gasteiger partial charge in [-0.1, -0.05) is 0 Å². The molecule has 6 nitrogen and oxygen atoms in total. The minimum Gasteiger partial charge on any atom is -0.395 e. The fourth-order valence-corrected chi connectivity index (χ4v) is 1.41. The van der Waals surface area contributed by atoms with Crippen LogP contribution in [-0.4, -0.2) is 30.1 Å². The second kappa shape index (κ2) is 5.97. The zero-order valence-electron chi connectivity index (χ0n) is 9.49. The normalized spacial score (nSPS) is 9.82. The van der Waals surface area contributed by atoms with Gasteiger partial charge < -0.3 is 10.4 Å². The molecule has 92 valence electrons. The van der Waals surface area contributed by atoms with Crippen LogP contribution < -0.4 is 16.6 Å². The molecule has 0 radical (unpaired) electrons. The molecule has 17 heavy (non-hydrogen) atoms. The van der Waals surface area contributed by atoms with Gasteiger partial charge in [-0.05, 0) is 30.7 Å². The third-order valence-electron chi connectivity index (χ3n) is 2.26. The summed E-state index contributed by atoms with van der Waals surface area (Å²) >= 11 is 0. The van der Waals surface area contributed by atoms with E-state index in [4.69, 9.17) is 10.9 Å². The summed E-state index contributed by atoms with van der Waals surface area (Å²) < 4.78 is 0. The maximum Gasteiger partial charge on any atom is 0.265 e. The molecule has 0 fully saturated rings. The van der Waals surface area contributed by atoms with E-state index < -0.39 is 5.91 Å². The van der Waals surface area contributed by atoms with E-state index in [2.05, 4.69) is 5.32 Å². The Balaban J connectivity index is 2.89. The highest BCUT2D eigenvalue weighted by Gasteiger charge is 2.11. The molecule has 0 spiro atoms. The molecule has 0 atom stereocenters. The van der Waals surface area contributed by atoms with Gasteiger partial charge in [-0.3, -0.25) is 15.0 Å². The Hall–Kier alpha value is -1.92. The van der Waals surface area contributed by atoms with Gasteiger partial charge in [-0.15, -0.1) is 0 Å². The molecule has 0 aromatic heterocycles. The lowest BCUT2D eigenvalue weighted by Crippen LogP contribution is -2.30. The second-order valence-electron chi connectivity index (χ2n) is 3.48. The molecule has 0 aliphatic heterocycles. The van der Waals surface area contributed by atoms with Crippen molar-refractivity contribution in [1.29, 1.82) is 0 Å². The zero-order valence-corrected chi connectivity index (χ0v) is 9.49. The van der Waals surface area contributed by atoms with Crippen molar-refractivity contribution in [2.24, 2.45) is 5.84 Å². The molecule has 1 aromatic rings. The second-order valence-corrected chi connectivity index (χ2v) is 3.48. The predicted octanol–water partition coefficient (Wildman–Crippen LogP) is -0.679. The average Bonchev–Trinajstić information content (AvgIpc) is 2.34. The van der Waals surface area contributed by atoms with Gasteiger partial charge in [-0.25, -0.2) is 5.84 Å².